The molecule has 0 saturated carbocycles. The summed E-state index contributed by atoms with van der Waals surface area (Å²) in [6.45, 7) is 22.7. The molecule has 0 bridgehead atoms. The van der Waals surface area contributed by atoms with Gasteiger partial charge in [-0.3, -0.25) is 0 Å². The number of sulfonamides is 1. The van der Waals surface area contributed by atoms with E-state index in [-0.39, 0.29) is 38.2 Å². The van der Waals surface area contributed by atoms with Crippen LogP contribution in [0.25, 0.3) is 0 Å². The summed E-state index contributed by atoms with van der Waals surface area (Å²) < 4.78 is 36.6. The van der Waals surface area contributed by atoms with E-state index in [1.165, 1.54) is 0 Å². The van der Waals surface area contributed by atoms with Gasteiger partial charge in [-0.25, -0.2) is 18.5 Å². The maximum absolute atomic E-state index is 12.2. The third kappa shape index (κ3) is 6.68. The van der Waals surface area contributed by atoms with Crippen LogP contribution in [0.2, 0.25) is 36.3 Å². The van der Waals surface area contributed by atoms with Crippen molar-refractivity contribution in [3.05, 3.63) is 10.7 Å². The summed E-state index contributed by atoms with van der Waals surface area (Å²) in [5, 5.41) is 16.7. The van der Waals surface area contributed by atoms with Gasteiger partial charge in [0.2, 0.25) is 10.0 Å². The van der Waals surface area contributed by atoms with Crippen LogP contribution in [0.1, 0.15) is 59.2 Å². The summed E-state index contributed by atoms with van der Waals surface area (Å²) in [6, 6.07) is 0. The molecule has 1 heterocycles. The van der Waals surface area contributed by atoms with Crippen molar-refractivity contribution in [1.82, 2.24) is 4.98 Å². The molecule has 1 atom stereocenters. The molecular weight excluding hydrogens is 457 g/mol. The highest BCUT2D eigenvalue weighted by atomic mass is 32.2. The molecule has 176 valence electrons. The zero-order valence-corrected chi connectivity index (χ0v) is 24.0. The van der Waals surface area contributed by atoms with Gasteiger partial charge in [0.1, 0.15) is 10.6 Å². The summed E-state index contributed by atoms with van der Waals surface area (Å²) in [7, 11) is -8.21. The van der Waals surface area contributed by atoms with Crippen molar-refractivity contribution in [3.8, 4) is 0 Å². The molecule has 30 heavy (non-hydrogen) atoms. The molecule has 1 rings (SSSR count). The normalized spacial score (nSPS) is 16.6. The van der Waals surface area contributed by atoms with E-state index in [9.17, 15) is 13.5 Å². The van der Waals surface area contributed by atoms with Crippen LogP contribution in [-0.2, 0) is 31.1 Å². The van der Waals surface area contributed by atoms with E-state index < -0.39 is 32.3 Å². The summed E-state index contributed by atoms with van der Waals surface area (Å²) in [5.41, 5.74) is -1.19. The first kappa shape index (κ1) is 27.9. The average Bonchev–Trinajstić information content (AvgIpc) is 2.94. The highest BCUT2D eigenvalue weighted by molar-refractivity contribution is 7.91. The second kappa shape index (κ2) is 8.66. The molecule has 3 N–H and O–H groups in total. The highest BCUT2D eigenvalue weighted by Gasteiger charge is 2.41. The molecule has 0 fully saturated rings. The Morgan fingerprint density at radius 3 is 1.80 bits per heavy atom. The zero-order valence-electron chi connectivity index (χ0n) is 20.3. The fourth-order valence-corrected chi connectivity index (χ4v) is 5.92. The van der Waals surface area contributed by atoms with Crippen LogP contribution >= 0.6 is 11.3 Å². The van der Waals surface area contributed by atoms with Crippen LogP contribution in [-0.4, -0.2) is 41.7 Å². The van der Waals surface area contributed by atoms with E-state index in [1.54, 1.807) is 6.92 Å². The number of aliphatic hydroxyl groups is 1. The van der Waals surface area contributed by atoms with Crippen LogP contribution in [0, 0.1) is 0 Å². The lowest BCUT2D eigenvalue weighted by Gasteiger charge is -2.38. The molecule has 0 saturated heterocycles. The van der Waals surface area contributed by atoms with Gasteiger partial charge in [-0.05, 0) is 43.2 Å². The number of primary sulfonamides is 1. The van der Waals surface area contributed by atoms with E-state index in [0.29, 0.717) is 0 Å². The predicted octanol–water partition coefficient (Wildman–Crippen LogP) is 4.54. The fourth-order valence-electron chi connectivity index (χ4n) is 1.95. The molecule has 0 aliphatic heterocycles. The van der Waals surface area contributed by atoms with E-state index in [4.69, 9.17) is 14.0 Å². The molecule has 0 radical (unpaired) electrons. The second-order valence-electron chi connectivity index (χ2n) is 11.2. The molecule has 0 aromatic carbocycles. The standard InChI is InChI=1S/C19H40N2O5S2Si2/c1-17(2,3)29(8,9)25-12-14-15(28(20,23)24)27-16(21-14)19(7,22)13-26-30(10,11)18(4,5)6/h22H,12-13H2,1-11H3,(H2,20,23,24)/t19-/m0/s1. The van der Waals surface area contributed by atoms with Gasteiger partial charge in [0.25, 0.3) is 0 Å². The number of nitrogens with zero attached hydrogens (tertiary/aromatic N) is 1. The topological polar surface area (TPSA) is 112 Å². The molecule has 0 spiro atoms. The van der Waals surface area contributed by atoms with Crippen LogP contribution in [0.5, 0.6) is 0 Å². The van der Waals surface area contributed by atoms with Crippen molar-refractivity contribution in [1.29, 1.82) is 0 Å². The number of thiazole rings is 1. The summed E-state index contributed by atoms with van der Waals surface area (Å²) in [5.74, 6) is 0. The first-order valence-corrected chi connectivity index (χ1v) is 18.2. The summed E-state index contributed by atoms with van der Waals surface area (Å²) in [4.78, 5) is 4.44. The first-order valence-electron chi connectivity index (χ1n) is 10.0. The van der Waals surface area contributed by atoms with E-state index in [1.807, 2.05) is 0 Å². The lowest BCUT2D eigenvalue weighted by atomic mass is 10.1. The molecule has 1 aromatic heterocycles. The van der Waals surface area contributed by atoms with Gasteiger partial charge in [-0.15, -0.1) is 11.3 Å². The molecule has 0 aliphatic rings. The molecule has 0 unspecified atom stereocenters. The van der Waals surface area contributed by atoms with Crippen molar-refractivity contribution in [2.75, 3.05) is 6.61 Å². The third-order valence-electron chi connectivity index (χ3n) is 6.28. The number of hydrogen-bond acceptors (Lipinski definition) is 7. The van der Waals surface area contributed by atoms with Crippen LogP contribution in [0.4, 0.5) is 0 Å². The van der Waals surface area contributed by atoms with Gasteiger partial charge >= 0.3 is 0 Å². The summed E-state index contributed by atoms with van der Waals surface area (Å²) >= 11 is 0.886. The van der Waals surface area contributed by atoms with Gasteiger partial charge in [0.15, 0.2) is 20.8 Å². The van der Waals surface area contributed by atoms with E-state index in [2.05, 4.69) is 72.7 Å². The van der Waals surface area contributed by atoms with Crippen molar-refractivity contribution in [2.24, 2.45) is 5.14 Å². The largest absolute Gasteiger partial charge is 0.413 e. The second-order valence-corrected chi connectivity index (χ2v) is 23.5. The zero-order chi connectivity index (χ0) is 24.0. The highest BCUT2D eigenvalue weighted by Crippen LogP contribution is 2.40. The molecule has 0 aliphatic carbocycles. The minimum absolute atomic E-state index is 0.0140. The molecular formula is C19H40N2O5S2Si2. The van der Waals surface area contributed by atoms with Crippen molar-refractivity contribution < 1.29 is 22.4 Å². The fraction of sp³-hybridized carbons (Fsp3) is 0.842. The van der Waals surface area contributed by atoms with E-state index in [0.717, 1.165) is 11.3 Å². The Balaban J connectivity index is 3.21. The Hall–Kier alpha value is -0.146. The first-order chi connectivity index (χ1) is 13.0. The summed E-state index contributed by atoms with van der Waals surface area (Å²) in [6.07, 6.45) is 0. The van der Waals surface area contributed by atoms with Crippen molar-refractivity contribution in [3.63, 3.8) is 0 Å². The smallest absolute Gasteiger partial charge is 0.249 e. The van der Waals surface area contributed by atoms with E-state index >= 15 is 0 Å². The SMILES string of the molecule is CC(C)(C)[Si](C)(C)OCc1nc([C@@](C)(O)CO[Si](C)(C)C(C)(C)C)sc1S(N)(=O)=O. The Bertz CT molecular complexity index is 851. The van der Waals surface area contributed by atoms with Crippen molar-refractivity contribution >= 4 is 38.0 Å². The maximum atomic E-state index is 12.2. The van der Waals surface area contributed by atoms with Crippen LogP contribution < -0.4 is 5.14 Å². The van der Waals surface area contributed by atoms with Crippen LogP contribution in [0.15, 0.2) is 4.21 Å². The lowest BCUT2D eigenvalue weighted by Crippen LogP contribution is -2.44. The predicted molar refractivity (Wildman–Crippen MR) is 128 cm³/mol. The Morgan fingerprint density at radius 1 is 0.967 bits per heavy atom. The average molecular weight is 497 g/mol. The number of rotatable bonds is 8. The van der Waals surface area contributed by atoms with Gasteiger partial charge < -0.3 is 14.0 Å². The van der Waals surface area contributed by atoms with Gasteiger partial charge in [0.05, 0.1) is 18.9 Å². The lowest BCUT2D eigenvalue weighted by molar-refractivity contribution is 0.00224. The number of nitrogens with two attached hydrogens (primary N) is 1. The monoisotopic (exact) mass is 496 g/mol. The van der Waals surface area contributed by atoms with Crippen molar-refractivity contribution in [2.45, 2.75) is 101 Å². The molecule has 11 heteroatoms. The number of aromatic nitrogens is 1. The van der Waals surface area contributed by atoms with Crippen LogP contribution in [0.3, 0.4) is 0 Å². The van der Waals surface area contributed by atoms with Gasteiger partial charge in [-0.2, -0.15) is 0 Å². The maximum Gasteiger partial charge on any atom is 0.249 e. The minimum atomic E-state index is -3.99. The molecule has 1 aromatic rings. The Labute approximate surface area is 188 Å². The minimum Gasteiger partial charge on any atom is -0.413 e. The van der Waals surface area contributed by atoms with Gasteiger partial charge in [0, 0.05) is 0 Å². The Morgan fingerprint density at radius 2 is 1.40 bits per heavy atom. The molecule has 0 amide bonds. The van der Waals surface area contributed by atoms with Gasteiger partial charge in [-0.1, -0.05) is 41.5 Å². The number of hydrogen-bond donors (Lipinski definition) is 2. The quantitative estimate of drug-likeness (QED) is 0.511. The Kier molecular flexibility index (Phi) is 8.05. The third-order valence-corrected chi connectivity index (χ3v) is 18.1. The molecule has 7 nitrogen and oxygen atoms in total.